The van der Waals surface area contributed by atoms with Gasteiger partial charge >= 0.3 is 0 Å². The standard InChI is InChI=1S/C23H20N4/c1-4-17-12-23-22(13-21(17)18-8-6-5-7-9-18)20(14-24-26-23)11-10-19-15-25-27(3)16(19)2/h5-9,12-15H,4H2,1-3H3. The van der Waals surface area contributed by atoms with Crippen molar-refractivity contribution < 1.29 is 0 Å². The van der Waals surface area contributed by atoms with Gasteiger partial charge in [-0.3, -0.25) is 4.68 Å². The molecule has 2 aromatic carbocycles. The smallest absolute Gasteiger partial charge is 0.0945 e. The molecule has 27 heavy (non-hydrogen) atoms. The first-order valence-corrected chi connectivity index (χ1v) is 9.01. The number of benzene rings is 2. The predicted octanol–water partition coefficient (Wildman–Crippen LogP) is 4.30. The summed E-state index contributed by atoms with van der Waals surface area (Å²) in [5, 5.41) is 13.8. The molecule has 0 N–H and O–H groups in total. The molecule has 4 aromatic rings. The van der Waals surface area contributed by atoms with Crippen LogP contribution < -0.4 is 0 Å². The molecule has 0 unspecified atom stereocenters. The zero-order valence-electron chi connectivity index (χ0n) is 15.7. The molecule has 0 saturated heterocycles. The topological polar surface area (TPSA) is 43.6 Å². The Balaban J connectivity index is 1.89. The van der Waals surface area contributed by atoms with Crippen LogP contribution in [0.5, 0.6) is 0 Å². The van der Waals surface area contributed by atoms with Crippen LogP contribution in [-0.4, -0.2) is 20.0 Å². The summed E-state index contributed by atoms with van der Waals surface area (Å²) in [4.78, 5) is 0. The molecule has 0 atom stereocenters. The minimum absolute atomic E-state index is 0.876. The lowest BCUT2D eigenvalue weighted by Gasteiger charge is -2.10. The van der Waals surface area contributed by atoms with Crippen molar-refractivity contribution in [2.75, 3.05) is 0 Å². The molecular formula is C23H20N4. The van der Waals surface area contributed by atoms with Crippen LogP contribution in [-0.2, 0) is 13.5 Å². The van der Waals surface area contributed by atoms with Gasteiger partial charge in [-0.1, -0.05) is 49.1 Å². The van der Waals surface area contributed by atoms with Crippen molar-refractivity contribution in [1.29, 1.82) is 0 Å². The summed E-state index contributed by atoms with van der Waals surface area (Å²) in [6.45, 7) is 4.18. The first-order valence-electron chi connectivity index (χ1n) is 9.01. The van der Waals surface area contributed by atoms with Gasteiger partial charge in [0.2, 0.25) is 0 Å². The summed E-state index contributed by atoms with van der Waals surface area (Å²) < 4.78 is 1.83. The molecule has 0 fully saturated rings. The van der Waals surface area contributed by atoms with E-state index in [0.29, 0.717) is 0 Å². The van der Waals surface area contributed by atoms with Crippen molar-refractivity contribution in [2.45, 2.75) is 20.3 Å². The van der Waals surface area contributed by atoms with Crippen molar-refractivity contribution in [2.24, 2.45) is 7.05 Å². The highest BCUT2D eigenvalue weighted by atomic mass is 15.3. The largest absolute Gasteiger partial charge is 0.272 e. The van der Waals surface area contributed by atoms with Gasteiger partial charge in [-0.25, -0.2) is 0 Å². The predicted molar refractivity (Wildman–Crippen MR) is 108 cm³/mol. The second-order valence-electron chi connectivity index (χ2n) is 6.52. The average molecular weight is 352 g/mol. The molecular weight excluding hydrogens is 332 g/mol. The van der Waals surface area contributed by atoms with E-state index in [1.54, 1.807) is 12.4 Å². The Bertz CT molecular complexity index is 1180. The van der Waals surface area contributed by atoms with Crippen molar-refractivity contribution in [3.8, 4) is 23.0 Å². The number of nitrogens with zero attached hydrogens (tertiary/aromatic N) is 4. The number of fused-ring (bicyclic) bond motifs is 1. The first-order chi connectivity index (χ1) is 13.2. The van der Waals surface area contributed by atoms with Gasteiger partial charge in [-0.15, -0.1) is 0 Å². The number of aromatic nitrogens is 4. The van der Waals surface area contributed by atoms with E-state index in [2.05, 4.69) is 70.5 Å². The molecule has 2 heterocycles. The van der Waals surface area contributed by atoms with E-state index < -0.39 is 0 Å². The third-order valence-corrected chi connectivity index (χ3v) is 4.90. The van der Waals surface area contributed by atoms with E-state index in [-0.39, 0.29) is 0 Å². The van der Waals surface area contributed by atoms with Crippen molar-refractivity contribution in [3.05, 3.63) is 77.2 Å². The van der Waals surface area contributed by atoms with Gasteiger partial charge in [0.25, 0.3) is 0 Å². The molecule has 132 valence electrons. The third-order valence-electron chi connectivity index (χ3n) is 4.90. The van der Waals surface area contributed by atoms with E-state index in [1.807, 2.05) is 24.7 Å². The molecule has 0 amide bonds. The summed E-state index contributed by atoms with van der Waals surface area (Å²) in [5.74, 6) is 6.50. The van der Waals surface area contributed by atoms with Crippen LogP contribution in [0.15, 0.2) is 54.9 Å². The second-order valence-corrected chi connectivity index (χ2v) is 6.52. The maximum Gasteiger partial charge on any atom is 0.0945 e. The summed E-state index contributed by atoms with van der Waals surface area (Å²) in [7, 11) is 1.92. The van der Waals surface area contributed by atoms with Crippen LogP contribution in [0.3, 0.4) is 0 Å². The van der Waals surface area contributed by atoms with Gasteiger partial charge in [0.05, 0.1) is 34.7 Å². The lowest BCUT2D eigenvalue weighted by molar-refractivity contribution is 0.740. The average Bonchev–Trinajstić information content (AvgIpc) is 3.04. The van der Waals surface area contributed by atoms with Crippen LogP contribution in [0.1, 0.15) is 29.3 Å². The van der Waals surface area contributed by atoms with Gasteiger partial charge < -0.3 is 0 Å². The van der Waals surface area contributed by atoms with Crippen molar-refractivity contribution >= 4 is 10.9 Å². The number of aryl methyl sites for hydroxylation is 2. The molecule has 4 rings (SSSR count). The van der Waals surface area contributed by atoms with Crippen LogP contribution in [0.4, 0.5) is 0 Å². The molecule has 4 nitrogen and oxygen atoms in total. The molecule has 0 aliphatic heterocycles. The normalized spacial score (nSPS) is 10.6. The maximum absolute atomic E-state index is 4.33. The third kappa shape index (κ3) is 3.20. The fourth-order valence-corrected chi connectivity index (χ4v) is 3.18. The van der Waals surface area contributed by atoms with Crippen LogP contribution in [0, 0.1) is 18.8 Å². The molecule has 0 aliphatic carbocycles. The molecule has 0 bridgehead atoms. The number of hydrogen-bond acceptors (Lipinski definition) is 3. The van der Waals surface area contributed by atoms with Gasteiger partial charge in [0.15, 0.2) is 0 Å². The Morgan fingerprint density at radius 1 is 1.00 bits per heavy atom. The molecule has 0 saturated carbocycles. The molecule has 2 aromatic heterocycles. The Kier molecular flexibility index (Phi) is 4.43. The van der Waals surface area contributed by atoms with E-state index in [9.17, 15) is 0 Å². The van der Waals surface area contributed by atoms with Crippen molar-refractivity contribution in [1.82, 2.24) is 20.0 Å². The Morgan fingerprint density at radius 2 is 1.78 bits per heavy atom. The maximum atomic E-state index is 4.33. The fourth-order valence-electron chi connectivity index (χ4n) is 3.18. The monoisotopic (exact) mass is 352 g/mol. The quantitative estimate of drug-likeness (QED) is 0.505. The van der Waals surface area contributed by atoms with Crippen molar-refractivity contribution in [3.63, 3.8) is 0 Å². The highest BCUT2D eigenvalue weighted by Gasteiger charge is 2.10. The van der Waals surface area contributed by atoms with Crippen LogP contribution >= 0.6 is 0 Å². The van der Waals surface area contributed by atoms with Gasteiger partial charge in [-0.05, 0) is 42.2 Å². The van der Waals surface area contributed by atoms with Gasteiger partial charge in [-0.2, -0.15) is 15.3 Å². The number of rotatable bonds is 2. The lowest BCUT2D eigenvalue weighted by Crippen LogP contribution is -1.94. The van der Waals surface area contributed by atoms with E-state index in [1.165, 1.54) is 16.7 Å². The van der Waals surface area contributed by atoms with Gasteiger partial charge in [0, 0.05) is 12.4 Å². The SMILES string of the molecule is CCc1cc2nncc(C#Cc3cnn(C)c3C)c2cc1-c1ccccc1. The Hall–Kier alpha value is -3.45. The number of hydrogen-bond donors (Lipinski definition) is 0. The van der Waals surface area contributed by atoms with E-state index in [0.717, 1.165) is 34.1 Å². The molecule has 0 radical (unpaired) electrons. The van der Waals surface area contributed by atoms with Gasteiger partial charge in [0.1, 0.15) is 0 Å². The molecule has 0 aliphatic rings. The van der Waals surface area contributed by atoms with E-state index >= 15 is 0 Å². The Labute approximate surface area is 158 Å². The van der Waals surface area contributed by atoms with Crippen LogP contribution in [0.25, 0.3) is 22.0 Å². The summed E-state index contributed by atoms with van der Waals surface area (Å²) in [6, 6.07) is 14.8. The summed E-state index contributed by atoms with van der Waals surface area (Å²) in [6.07, 6.45) is 4.47. The highest BCUT2D eigenvalue weighted by molar-refractivity contribution is 5.90. The summed E-state index contributed by atoms with van der Waals surface area (Å²) in [5.41, 5.74) is 7.41. The zero-order chi connectivity index (χ0) is 18.8. The molecule has 0 spiro atoms. The molecule has 4 heteroatoms. The Morgan fingerprint density at radius 3 is 2.48 bits per heavy atom. The van der Waals surface area contributed by atoms with E-state index in [4.69, 9.17) is 0 Å². The fraction of sp³-hybridized carbons (Fsp3) is 0.174. The lowest BCUT2D eigenvalue weighted by atomic mass is 9.95. The highest BCUT2D eigenvalue weighted by Crippen LogP contribution is 2.29. The first kappa shape index (κ1) is 17.0. The summed E-state index contributed by atoms with van der Waals surface area (Å²) >= 11 is 0. The second kappa shape index (κ2) is 7.05. The zero-order valence-corrected chi connectivity index (χ0v) is 15.7. The van der Waals surface area contributed by atoms with Crippen LogP contribution in [0.2, 0.25) is 0 Å². The minimum atomic E-state index is 0.876. The minimum Gasteiger partial charge on any atom is -0.272 e.